The Kier molecular flexibility index (Phi) is 4.16. The molecule has 0 aliphatic carbocycles. The van der Waals surface area contributed by atoms with Gasteiger partial charge in [0, 0.05) is 29.7 Å². The zero-order valence-electron chi connectivity index (χ0n) is 13.2. The number of aromatic nitrogens is 1. The van der Waals surface area contributed by atoms with E-state index < -0.39 is 0 Å². The first-order valence-corrected chi connectivity index (χ1v) is 7.45. The monoisotopic (exact) mass is 319 g/mol. The number of fused-ring (bicyclic) bond motifs is 1. The van der Waals surface area contributed by atoms with Crippen molar-refractivity contribution in [3.8, 4) is 5.88 Å². The van der Waals surface area contributed by atoms with Crippen molar-refractivity contribution in [1.82, 2.24) is 4.98 Å². The number of amides is 1. The highest BCUT2D eigenvalue weighted by molar-refractivity contribution is 6.03. The van der Waals surface area contributed by atoms with E-state index in [9.17, 15) is 9.90 Å². The average molecular weight is 319 g/mol. The Morgan fingerprint density at radius 3 is 2.67 bits per heavy atom. The second-order valence-corrected chi connectivity index (χ2v) is 5.38. The minimum absolute atomic E-state index is 0.0739. The summed E-state index contributed by atoms with van der Waals surface area (Å²) in [7, 11) is 0. The number of aliphatic imine (C=N–C) groups is 1. The van der Waals surface area contributed by atoms with Gasteiger partial charge in [-0.05, 0) is 35.9 Å². The Hall–Kier alpha value is -3.34. The smallest absolute Gasteiger partial charge is 0.221 e. The average Bonchev–Trinajstić information content (AvgIpc) is 2.88. The van der Waals surface area contributed by atoms with Crippen molar-refractivity contribution in [3.63, 3.8) is 0 Å². The standard InChI is InChI=1S/C19H17N3O2/c1-3-13-4-9-16-17(19(24)22-18(16)10-13)11-20-14-5-7-15(8-6-14)21-12(2)23/h3-11,22,24H,1H2,2H3,(H,21,23). The summed E-state index contributed by atoms with van der Waals surface area (Å²) in [5.41, 5.74) is 3.87. The number of carbonyl (C=O) groups excluding carboxylic acids is 1. The lowest BCUT2D eigenvalue weighted by molar-refractivity contribution is -0.114. The molecule has 120 valence electrons. The molecule has 3 aromatic rings. The third kappa shape index (κ3) is 3.20. The van der Waals surface area contributed by atoms with Gasteiger partial charge in [0.25, 0.3) is 0 Å². The summed E-state index contributed by atoms with van der Waals surface area (Å²) < 4.78 is 0. The fraction of sp³-hybridized carbons (Fsp3) is 0.0526. The fourth-order valence-corrected chi connectivity index (χ4v) is 2.45. The molecule has 0 radical (unpaired) electrons. The maximum Gasteiger partial charge on any atom is 0.221 e. The van der Waals surface area contributed by atoms with Gasteiger partial charge in [-0.2, -0.15) is 0 Å². The third-order valence-electron chi connectivity index (χ3n) is 3.61. The lowest BCUT2D eigenvalue weighted by Gasteiger charge is -2.01. The highest BCUT2D eigenvalue weighted by Crippen LogP contribution is 2.27. The molecule has 0 unspecified atom stereocenters. The van der Waals surface area contributed by atoms with E-state index in [0.29, 0.717) is 11.3 Å². The number of aromatic amines is 1. The molecule has 0 atom stereocenters. The second-order valence-electron chi connectivity index (χ2n) is 5.38. The molecule has 24 heavy (non-hydrogen) atoms. The quantitative estimate of drug-likeness (QED) is 0.629. The van der Waals surface area contributed by atoms with Crippen LogP contribution in [0.4, 0.5) is 11.4 Å². The molecule has 5 heteroatoms. The van der Waals surface area contributed by atoms with Crippen molar-refractivity contribution in [1.29, 1.82) is 0 Å². The Morgan fingerprint density at radius 1 is 1.25 bits per heavy atom. The summed E-state index contributed by atoms with van der Waals surface area (Å²) in [6.07, 6.45) is 3.37. The summed E-state index contributed by atoms with van der Waals surface area (Å²) >= 11 is 0. The van der Waals surface area contributed by atoms with Gasteiger partial charge in [0.15, 0.2) is 5.88 Å². The second kappa shape index (κ2) is 6.42. The SMILES string of the molecule is C=Cc1ccc2c(C=Nc3ccc(NC(C)=O)cc3)c(O)[nH]c2c1. The molecule has 5 nitrogen and oxygen atoms in total. The van der Waals surface area contributed by atoms with Crippen LogP contribution in [0.3, 0.4) is 0 Å². The molecule has 0 saturated carbocycles. The number of carbonyl (C=O) groups is 1. The molecule has 0 aliphatic rings. The van der Waals surface area contributed by atoms with Gasteiger partial charge in [-0.15, -0.1) is 0 Å². The van der Waals surface area contributed by atoms with Crippen LogP contribution in [0.5, 0.6) is 5.88 Å². The fourth-order valence-electron chi connectivity index (χ4n) is 2.45. The van der Waals surface area contributed by atoms with E-state index in [1.165, 1.54) is 6.92 Å². The first kappa shape index (κ1) is 15.6. The zero-order valence-corrected chi connectivity index (χ0v) is 13.2. The van der Waals surface area contributed by atoms with Crippen molar-refractivity contribution in [3.05, 3.63) is 60.2 Å². The van der Waals surface area contributed by atoms with Crippen molar-refractivity contribution in [2.24, 2.45) is 4.99 Å². The number of H-pyrrole nitrogens is 1. The summed E-state index contributed by atoms with van der Waals surface area (Å²) in [5, 5.41) is 13.7. The lowest BCUT2D eigenvalue weighted by Crippen LogP contribution is -2.04. The van der Waals surface area contributed by atoms with E-state index in [1.807, 2.05) is 18.2 Å². The highest BCUT2D eigenvalue weighted by atomic mass is 16.3. The molecule has 1 amide bonds. The predicted octanol–water partition coefficient (Wildman–Crippen LogP) is 4.23. The molecule has 0 aliphatic heterocycles. The molecule has 0 fully saturated rings. The summed E-state index contributed by atoms with van der Waals surface area (Å²) in [5.74, 6) is -0.0429. The molecular weight excluding hydrogens is 302 g/mol. The number of hydrogen-bond donors (Lipinski definition) is 3. The van der Waals surface area contributed by atoms with Gasteiger partial charge in [0.1, 0.15) is 0 Å². The Labute approximate surface area is 139 Å². The van der Waals surface area contributed by atoms with E-state index in [4.69, 9.17) is 0 Å². The Morgan fingerprint density at radius 2 is 2.00 bits per heavy atom. The molecule has 0 spiro atoms. The van der Waals surface area contributed by atoms with Crippen LogP contribution in [0, 0.1) is 0 Å². The lowest BCUT2D eigenvalue weighted by atomic mass is 10.1. The molecule has 3 rings (SSSR count). The molecule has 0 saturated heterocycles. The van der Waals surface area contributed by atoms with E-state index in [1.54, 1.807) is 36.6 Å². The van der Waals surface area contributed by atoms with E-state index in [0.717, 1.165) is 22.2 Å². The Balaban J connectivity index is 1.88. The van der Waals surface area contributed by atoms with Gasteiger partial charge in [-0.25, -0.2) is 0 Å². The first-order chi connectivity index (χ1) is 11.6. The van der Waals surface area contributed by atoms with Crippen LogP contribution in [-0.2, 0) is 4.79 Å². The topological polar surface area (TPSA) is 77.5 Å². The molecule has 0 bridgehead atoms. The molecule has 1 heterocycles. The van der Waals surface area contributed by atoms with Crippen molar-refractivity contribution in [2.75, 3.05) is 5.32 Å². The minimum Gasteiger partial charge on any atom is -0.494 e. The highest BCUT2D eigenvalue weighted by Gasteiger charge is 2.08. The van der Waals surface area contributed by atoms with Crippen LogP contribution in [0.15, 0.2) is 54.0 Å². The van der Waals surface area contributed by atoms with E-state index in [2.05, 4.69) is 21.9 Å². The van der Waals surface area contributed by atoms with Gasteiger partial charge in [0.05, 0.1) is 11.3 Å². The van der Waals surface area contributed by atoms with Gasteiger partial charge < -0.3 is 15.4 Å². The minimum atomic E-state index is -0.117. The van der Waals surface area contributed by atoms with Crippen molar-refractivity contribution in [2.45, 2.75) is 6.92 Å². The number of anilines is 1. The Bertz CT molecular complexity index is 937. The number of hydrogen-bond acceptors (Lipinski definition) is 3. The van der Waals surface area contributed by atoms with Crippen LogP contribution < -0.4 is 5.32 Å². The molecule has 2 aromatic carbocycles. The maximum absolute atomic E-state index is 11.0. The number of benzene rings is 2. The van der Waals surface area contributed by atoms with Crippen molar-refractivity contribution < 1.29 is 9.90 Å². The predicted molar refractivity (Wildman–Crippen MR) is 98.1 cm³/mol. The van der Waals surface area contributed by atoms with Gasteiger partial charge in [-0.3, -0.25) is 9.79 Å². The first-order valence-electron chi connectivity index (χ1n) is 7.45. The van der Waals surface area contributed by atoms with E-state index in [-0.39, 0.29) is 11.8 Å². The number of nitrogens with zero attached hydrogens (tertiary/aromatic N) is 1. The number of aromatic hydroxyl groups is 1. The van der Waals surface area contributed by atoms with E-state index >= 15 is 0 Å². The molecule has 1 aromatic heterocycles. The third-order valence-corrected chi connectivity index (χ3v) is 3.61. The summed E-state index contributed by atoms with van der Waals surface area (Å²) in [4.78, 5) is 18.3. The summed E-state index contributed by atoms with van der Waals surface area (Å²) in [6.45, 7) is 5.20. The van der Waals surface area contributed by atoms with Crippen LogP contribution in [0.1, 0.15) is 18.1 Å². The van der Waals surface area contributed by atoms with Crippen LogP contribution in [-0.4, -0.2) is 22.2 Å². The van der Waals surface area contributed by atoms with Crippen molar-refractivity contribution >= 4 is 40.5 Å². The van der Waals surface area contributed by atoms with Gasteiger partial charge >= 0.3 is 0 Å². The van der Waals surface area contributed by atoms with Crippen LogP contribution >= 0.6 is 0 Å². The van der Waals surface area contributed by atoms with Crippen LogP contribution in [0.2, 0.25) is 0 Å². The zero-order chi connectivity index (χ0) is 17.1. The van der Waals surface area contributed by atoms with Gasteiger partial charge in [-0.1, -0.05) is 24.8 Å². The molecule has 3 N–H and O–H groups in total. The van der Waals surface area contributed by atoms with Gasteiger partial charge in [0.2, 0.25) is 5.91 Å². The summed E-state index contributed by atoms with van der Waals surface area (Å²) in [6, 6.07) is 12.9. The number of nitrogens with one attached hydrogen (secondary N) is 2. The number of rotatable bonds is 4. The molecular formula is C19H17N3O2. The maximum atomic E-state index is 11.0. The normalized spacial score (nSPS) is 11.0. The van der Waals surface area contributed by atoms with Crippen LogP contribution in [0.25, 0.3) is 17.0 Å². The largest absolute Gasteiger partial charge is 0.494 e.